The van der Waals surface area contributed by atoms with Crippen molar-refractivity contribution in [1.82, 2.24) is 20.2 Å². The van der Waals surface area contributed by atoms with E-state index < -0.39 is 0 Å². The molecular formula is C19H26N4O3. The van der Waals surface area contributed by atoms with Crippen molar-refractivity contribution in [3.8, 4) is 0 Å². The third-order valence-electron chi connectivity index (χ3n) is 3.98. The summed E-state index contributed by atoms with van der Waals surface area (Å²) in [5.41, 5.74) is 0.482. The Hall–Kier alpha value is -2.70. The predicted octanol–water partition coefficient (Wildman–Crippen LogP) is 1.62. The van der Waals surface area contributed by atoms with Gasteiger partial charge in [-0.15, -0.1) is 0 Å². The van der Waals surface area contributed by atoms with Crippen LogP contribution in [0.15, 0.2) is 29.1 Å². The Labute approximate surface area is 152 Å². The standard InChI is InChI=1S/C19H26N4O3/c1-4-23(12-17(24)20-13(2)3)18(25)11-7-10-16-21-15-9-6-5-8-14(15)19(26)22-16/h5-6,8-9,13H,4,7,10-12H2,1-3H3,(H,20,24)(H,21,22,26). The summed E-state index contributed by atoms with van der Waals surface area (Å²) in [6.45, 7) is 6.16. The first-order valence-corrected chi connectivity index (χ1v) is 8.95. The molecule has 2 aromatic rings. The fourth-order valence-electron chi connectivity index (χ4n) is 2.74. The molecule has 1 aromatic carbocycles. The minimum atomic E-state index is -0.169. The highest BCUT2D eigenvalue weighted by Crippen LogP contribution is 2.08. The predicted molar refractivity (Wildman–Crippen MR) is 101 cm³/mol. The highest BCUT2D eigenvalue weighted by atomic mass is 16.2. The lowest BCUT2D eigenvalue weighted by Crippen LogP contribution is -2.42. The second-order valence-corrected chi connectivity index (χ2v) is 6.51. The third kappa shape index (κ3) is 5.40. The van der Waals surface area contributed by atoms with E-state index in [-0.39, 0.29) is 30.0 Å². The number of fused-ring (bicyclic) bond motifs is 1. The number of carbonyl (C=O) groups excluding carboxylic acids is 2. The molecule has 2 rings (SSSR count). The average Bonchev–Trinajstić information content (AvgIpc) is 2.59. The van der Waals surface area contributed by atoms with Crippen molar-refractivity contribution in [3.63, 3.8) is 0 Å². The van der Waals surface area contributed by atoms with Crippen LogP contribution in [-0.4, -0.2) is 45.8 Å². The molecule has 26 heavy (non-hydrogen) atoms. The lowest BCUT2D eigenvalue weighted by Gasteiger charge is -2.21. The minimum absolute atomic E-state index is 0.0483. The monoisotopic (exact) mass is 358 g/mol. The normalized spacial score (nSPS) is 10.9. The number of nitrogens with one attached hydrogen (secondary N) is 2. The van der Waals surface area contributed by atoms with Crippen molar-refractivity contribution < 1.29 is 9.59 Å². The van der Waals surface area contributed by atoms with E-state index in [1.165, 1.54) is 4.90 Å². The smallest absolute Gasteiger partial charge is 0.258 e. The van der Waals surface area contributed by atoms with Crippen molar-refractivity contribution in [2.24, 2.45) is 0 Å². The Morgan fingerprint density at radius 1 is 1.27 bits per heavy atom. The number of aromatic nitrogens is 2. The van der Waals surface area contributed by atoms with Crippen LogP contribution in [-0.2, 0) is 16.0 Å². The van der Waals surface area contributed by atoms with Crippen LogP contribution < -0.4 is 10.9 Å². The molecule has 7 heteroatoms. The molecule has 1 heterocycles. The van der Waals surface area contributed by atoms with Gasteiger partial charge in [-0.05, 0) is 39.3 Å². The molecule has 0 atom stereocenters. The van der Waals surface area contributed by atoms with Crippen LogP contribution in [0.1, 0.15) is 39.4 Å². The fraction of sp³-hybridized carbons (Fsp3) is 0.474. The van der Waals surface area contributed by atoms with Gasteiger partial charge in [-0.3, -0.25) is 14.4 Å². The third-order valence-corrected chi connectivity index (χ3v) is 3.98. The second kappa shape index (κ2) is 9.12. The maximum Gasteiger partial charge on any atom is 0.258 e. The number of hydrogen-bond donors (Lipinski definition) is 2. The summed E-state index contributed by atoms with van der Waals surface area (Å²) in [6.07, 6.45) is 1.36. The maximum atomic E-state index is 12.3. The van der Waals surface area contributed by atoms with Gasteiger partial charge in [-0.2, -0.15) is 0 Å². The first-order chi connectivity index (χ1) is 12.4. The van der Waals surface area contributed by atoms with Crippen LogP contribution in [0.4, 0.5) is 0 Å². The Bertz CT molecular complexity index is 829. The zero-order valence-electron chi connectivity index (χ0n) is 15.5. The highest BCUT2D eigenvalue weighted by molar-refractivity contribution is 5.84. The van der Waals surface area contributed by atoms with Gasteiger partial charge in [0.2, 0.25) is 11.8 Å². The number of benzene rings is 1. The molecule has 2 amide bonds. The fourth-order valence-corrected chi connectivity index (χ4v) is 2.74. The van der Waals surface area contributed by atoms with Gasteiger partial charge in [0.25, 0.3) is 5.56 Å². The van der Waals surface area contributed by atoms with Crippen molar-refractivity contribution in [3.05, 3.63) is 40.4 Å². The van der Waals surface area contributed by atoms with Gasteiger partial charge >= 0.3 is 0 Å². The van der Waals surface area contributed by atoms with Crippen LogP contribution in [0.3, 0.4) is 0 Å². The Morgan fingerprint density at radius 2 is 2.00 bits per heavy atom. The molecule has 140 valence electrons. The molecule has 0 spiro atoms. The van der Waals surface area contributed by atoms with E-state index in [0.717, 1.165) is 0 Å². The molecule has 0 saturated heterocycles. The number of para-hydroxylation sites is 1. The maximum absolute atomic E-state index is 12.3. The van der Waals surface area contributed by atoms with Gasteiger partial charge in [-0.1, -0.05) is 12.1 Å². The molecule has 0 bridgehead atoms. The van der Waals surface area contributed by atoms with E-state index in [0.29, 0.717) is 42.5 Å². The number of carbonyl (C=O) groups is 2. The Balaban J connectivity index is 1.91. The number of amides is 2. The number of aromatic amines is 1. The minimum Gasteiger partial charge on any atom is -0.352 e. The largest absolute Gasteiger partial charge is 0.352 e. The van der Waals surface area contributed by atoms with Crippen LogP contribution in [0, 0.1) is 0 Å². The quantitative estimate of drug-likeness (QED) is 0.749. The van der Waals surface area contributed by atoms with Crippen molar-refractivity contribution >= 4 is 22.7 Å². The lowest BCUT2D eigenvalue weighted by atomic mass is 10.2. The van der Waals surface area contributed by atoms with Gasteiger partial charge < -0.3 is 15.2 Å². The molecule has 0 radical (unpaired) electrons. The average molecular weight is 358 g/mol. The molecular weight excluding hydrogens is 332 g/mol. The molecule has 0 saturated carbocycles. The first kappa shape index (κ1) is 19.6. The number of aryl methyl sites for hydroxylation is 1. The summed E-state index contributed by atoms with van der Waals surface area (Å²) in [6, 6.07) is 7.21. The first-order valence-electron chi connectivity index (χ1n) is 8.95. The van der Waals surface area contributed by atoms with Gasteiger partial charge in [0.05, 0.1) is 17.4 Å². The number of rotatable bonds is 8. The summed E-state index contributed by atoms with van der Waals surface area (Å²) >= 11 is 0. The number of likely N-dealkylation sites (N-methyl/N-ethyl adjacent to an activating group) is 1. The number of hydrogen-bond acceptors (Lipinski definition) is 4. The molecule has 1 aromatic heterocycles. The zero-order valence-corrected chi connectivity index (χ0v) is 15.5. The Morgan fingerprint density at radius 3 is 2.69 bits per heavy atom. The molecule has 0 aliphatic rings. The van der Waals surface area contributed by atoms with E-state index in [2.05, 4.69) is 15.3 Å². The van der Waals surface area contributed by atoms with Crippen LogP contribution >= 0.6 is 0 Å². The van der Waals surface area contributed by atoms with Gasteiger partial charge in [0.15, 0.2) is 0 Å². The second-order valence-electron chi connectivity index (χ2n) is 6.51. The number of nitrogens with zero attached hydrogens (tertiary/aromatic N) is 2. The van der Waals surface area contributed by atoms with E-state index in [1.807, 2.05) is 26.8 Å². The zero-order chi connectivity index (χ0) is 19.1. The van der Waals surface area contributed by atoms with Gasteiger partial charge in [0, 0.05) is 25.4 Å². The van der Waals surface area contributed by atoms with E-state index >= 15 is 0 Å². The van der Waals surface area contributed by atoms with Crippen LogP contribution in [0.25, 0.3) is 10.9 Å². The molecule has 0 aliphatic heterocycles. The van der Waals surface area contributed by atoms with Crippen molar-refractivity contribution in [2.75, 3.05) is 13.1 Å². The summed E-state index contributed by atoms with van der Waals surface area (Å²) < 4.78 is 0. The van der Waals surface area contributed by atoms with Crippen molar-refractivity contribution in [1.29, 1.82) is 0 Å². The SMILES string of the molecule is CCN(CC(=O)NC(C)C)C(=O)CCCc1nc2ccccc2c(=O)[nH]1. The number of H-pyrrole nitrogens is 1. The molecule has 7 nitrogen and oxygen atoms in total. The molecule has 2 N–H and O–H groups in total. The summed E-state index contributed by atoms with van der Waals surface area (Å²) in [4.78, 5) is 44.9. The topological polar surface area (TPSA) is 95.2 Å². The Kier molecular flexibility index (Phi) is 6.89. The summed E-state index contributed by atoms with van der Waals surface area (Å²) in [7, 11) is 0. The molecule has 0 unspecified atom stereocenters. The van der Waals surface area contributed by atoms with E-state index in [4.69, 9.17) is 0 Å². The summed E-state index contributed by atoms with van der Waals surface area (Å²) in [5, 5.41) is 3.34. The van der Waals surface area contributed by atoms with Crippen molar-refractivity contribution in [2.45, 2.75) is 46.1 Å². The lowest BCUT2D eigenvalue weighted by molar-refractivity contribution is -0.136. The van der Waals surface area contributed by atoms with Gasteiger partial charge in [0.1, 0.15) is 5.82 Å². The summed E-state index contributed by atoms with van der Waals surface area (Å²) in [5.74, 6) is 0.340. The molecule has 0 aliphatic carbocycles. The molecule has 0 fully saturated rings. The highest BCUT2D eigenvalue weighted by Gasteiger charge is 2.16. The van der Waals surface area contributed by atoms with E-state index in [9.17, 15) is 14.4 Å². The van der Waals surface area contributed by atoms with Gasteiger partial charge in [-0.25, -0.2) is 4.98 Å². The van der Waals surface area contributed by atoms with E-state index in [1.54, 1.807) is 18.2 Å². The van der Waals surface area contributed by atoms with Crippen LogP contribution in [0.2, 0.25) is 0 Å². The van der Waals surface area contributed by atoms with Crippen LogP contribution in [0.5, 0.6) is 0 Å².